The molecule has 0 aromatic carbocycles. The average Bonchev–Trinajstić information content (AvgIpc) is 2.45. The third-order valence-electron chi connectivity index (χ3n) is 6.36. The maximum Gasteiger partial charge on any atom is 0.309 e. The zero-order valence-electron chi connectivity index (χ0n) is 14.1. The minimum absolute atomic E-state index is 0.0134. The van der Waals surface area contributed by atoms with E-state index in [0.717, 1.165) is 19.3 Å². The molecule has 0 N–H and O–H groups in total. The van der Waals surface area contributed by atoms with Gasteiger partial charge in [-0.15, -0.1) is 0 Å². The Labute approximate surface area is 133 Å². The largest absolute Gasteiger partial charge is 0.462 e. The molecule has 1 heterocycles. The van der Waals surface area contributed by atoms with Crippen molar-refractivity contribution >= 4 is 12.3 Å². The Morgan fingerprint density at radius 1 is 1.27 bits per heavy atom. The number of ether oxygens (including phenoxy) is 1. The Morgan fingerprint density at radius 3 is 2.59 bits per heavy atom. The lowest BCUT2D eigenvalue weighted by Crippen LogP contribution is -2.51. The third-order valence-corrected chi connectivity index (χ3v) is 6.36. The van der Waals surface area contributed by atoms with Crippen LogP contribution in [0.5, 0.6) is 0 Å². The number of carbonyl (C=O) groups excluding carboxylic acids is 2. The maximum atomic E-state index is 12.0. The van der Waals surface area contributed by atoms with E-state index in [9.17, 15) is 9.59 Å². The van der Waals surface area contributed by atoms with Crippen molar-refractivity contribution in [3.05, 3.63) is 11.6 Å². The summed E-state index contributed by atoms with van der Waals surface area (Å²) in [6.07, 6.45) is 6.60. The lowest BCUT2D eigenvalue weighted by Gasteiger charge is -2.51. The zero-order valence-corrected chi connectivity index (χ0v) is 14.1. The second kappa shape index (κ2) is 5.82. The molecular weight excluding hydrogens is 276 g/mol. The van der Waals surface area contributed by atoms with Crippen LogP contribution in [0, 0.1) is 41.4 Å². The predicted octanol–water partition coefficient (Wildman–Crippen LogP) is 3.63. The minimum Gasteiger partial charge on any atom is -0.462 e. The van der Waals surface area contributed by atoms with Crippen molar-refractivity contribution in [3.63, 3.8) is 0 Å². The molecule has 3 nitrogen and oxygen atoms in total. The first-order valence-electron chi connectivity index (χ1n) is 8.75. The first-order chi connectivity index (χ1) is 10.4. The van der Waals surface area contributed by atoms with Crippen molar-refractivity contribution in [1.29, 1.82) is 0 Å². The molecule has 22 heavy (non-hydrogen) atoms. The maximum absolute atomic E-state index is 12.0. The van der Waals surface area contributed by atoms with Crippen LogP contribution in [-0.4, -0.2) is 18.4 Å². The van der Waals surface area contributed by atoms with Crippen molar-refractivity contribution in [2.45, 2.75) is 53.1 Å². The van der Waals surface area contributed by atoms with Crippen LogP contribution in [0.1, 0.15) is 47.0 Å². The summed E-state index contributed by atoms with van der Waals surface area (Å²) in [5.74, 6) is 2.17. The van der Waals surface area contributed by atoms with E-state index in [1.54, 1.807) is 0 Å². The normalized spacial score (nSPS) is 42.2. The second-order valence-corrected chi connectivity index (χ2v) is 8.06. The Balaban J connectivity index is 1.94. The average molecular weight is 304 g/mol. The number of allylic oxidation sites excluding steroid dienone is 2. The van der Waals surface area contributed by atoms with Gasteiger partial charge in [0.2, 0.25) is 0 Å². The van der Waals surface area contributed by atoms with Crippen molar-refractivity contribution < 1.29 is 14.3 Å². The monoisotopic (exact) mass is 304 g/mol. The van der Waals surface area contributed by atoms with E-state index in [0.29, 0.717) is 29.6 Å². The molecule has 0 unspecified atom stereocenters. The van der Waals surface area contributed by atoms with Crippen molar-refractivity contribution in [1.82, 2.24) is 0 Å². The van der Waals surface area contributed by atoms with Crippen LogP contribution in [-0.2, 0) is 14.3 Å². The summed E-state index contributed by atoms with van der Waals surface area (Å²) in [6.45, 7) is 8.49. The van der Waals surface area contributed by atoms with E-state index >= 15 is 0 Å². The summed E-state index contributed by atoms with van der Waals surface area (Å²) < 4.78 is 5.62. The number of esters is 1. The number of carbonyl (C=O) groups is 2. The van der Waals surface area contributed by atoms with E-state index in [2.05, 4.69) is 26.8 Å². The summed E-state index contributed by atoms with van der Waals surface area (Å²) in [7, 11) is 0. The summed E-state index contributed by atoms with van der Waals surface area (Å²) in [4.78, 5) is 23.7. The molecule has 0 spiro atoms. The molecule has 0 radical (unpaired) electrons. The van der Waals surface area contributed by atoms with Crippen LogP contribution < -0.4 is 0 Å². The van der Waals surface area contributed by atoms with Gasteiger partial charge in [-0.3, -0.25) is 4.79 Å². The molecule has 1 aliphatic heterocycles. The molecule has 1 saturated carbocycles. The second-order valence-electron chi connectivity index (χ2n) is 8.06. The smallest absolute Gasteiger partial charge is 0.309 e. The van der Waals surface area contributed by atoms with Crippen molar-refractivity contribution in [2.75, 3.05) is 0 Å². The highest BCUT2D eigenvalue weighted by Gasteiger charge is 2.51. The minimum atomic E-state index is -0.0244. The first-order valence-corrected chi connectivity index (χ1v) is 8.75. The Kier molecular flexibility index (Phi) is 4.17. The van der Waals surface area contributed by atoms with Crippen molar-refractivity contribution in [3.8, 4) is 0 Å². The van der Waals surface area contributed by atoms with Gasteiger partial charge in [-0.1, -0.05) is 32.4 Å². The topological polar surface area (TPSA) is 43.4 Å². The first kappa shape index (κ1) is 15.8. The summed E-state index contributed by atoms with van der Waals surface area (Å²) in [5, 5.41) is 0. The summed E-state index contributed by atoms with van der Waals surface area (Å²) in [6, 6.07) is 0. The van der Waals surface area contributed by atoms with E-state index in [-0.39, 0.29) is 23.9 Å². The van der Waals surface area contributed by atoms with Gasteiger partial charge in [0, 0.05) is 5.92 Å². The number of rotatable bonds is 3. The lowest BCUT2D eigenvalue weighted by molar-refractivity contribution is -0.176. The molecule has 3 aliphatic rings. The van der Waals surface area contributed by atoms with E-state index in [4.69, 9.17) is 4.74 Å². The Hall–Kier alpha value is -1.12. The van der Waals surface area contributed by atoms with Gasteiger partial charge >= 0.3 is 5.97 Å². The van der Waals surface area contributed by atoms with Crippen LogP contribution in [0.25, 0.3) is 0 Å². The molecule has 3 heteroatoms. The number of hydrogen-bond donors (Lipinski definition) is 0. The molecule has 7 atom stereocenters. The third kappa shape index (κ3) is 2.53. The van der Waals surface area contributed by atoms with Gasteiger partial charge in [-0.2, -0.15) is 0 Å². The SMILES string of the molecule is CC1=C[C@@H]2[C@H]3C[C@@H](C[C@@H]2[C@H]([C@H](C=O)C(C)C)C1)OC(=O)[C@H]3C. The summed E-state index contributed by atoms with van der Waals surface area (Å²) in [5.41, 5.74) is 1.39. The van der Waals surface area contributed by atoms with E-state index in [1.807, 2.05) is 6.92 Å². The van der Waals surface area contributed by atoms with Gasteiger partial charge in [0.25, 0.3) is 0 Å². The number of aldehydes is 1. The highest BCUT2D eigenvalue weighted by molar-refractivity contribution is 5.73. The lowest BCUT2D eigenvalue weighted by atomic mass is 9.56. The van der Waals surface area contributed by atoms with Gasteiger partial charge in [0.05, 0.1) is 5.92 Å². The highest BCUT2D eigenvalue weighted by Crippen LogP contribution is 2.53. The van der Waals surface area contributed by atoms with Crippen molar-refractivity contribution in [2.24, 2.45) is 41.4 Å². The fourth-order valence-corrected chi connectivity index (χ4v) is 5.22. The number of hydrogen-bond acceptors (Lipinski definition) is 3. The molecule has 0 amide bonds. The highest BCUT2D eigenvalue weighted by atomic mass is 16.5. The van der Waals surface area contributed by atoms with Crippen LogP contribution in [0.4, 0.5) is 0 Å². The molecule has 2 aliphatic carbocycles. The standard InChI is InChI=1S/C19H28O3/c1-10(2)18(9-20)16-6-11(3)5-15-14-7-13(8-17(15)16)22-19(21)12(14)4/h5,9-10,12-18H,6-8H2,1-4H3/t12-,13-,14-,15+,16+,17-,18+/m0/s1. The molecule has 122 valence electrons. The van der Waals surface area contributed by atoms with Crippen LogP contribution in [0.15, 0.2) is 11.6 Å². The fraction of sp³-hybridized carbons (Fsp3) is 0.789. The molecule has 3 rings (SSSR count). The van der Waals surface area contributed by atoms with Gasteiger partial charge in [-0.25, -0.2) is 0 Å². The van der Waals surface area contributed by atoms with Gasteiger partial charge in [-0.05, 0) is 55.8 Å². The summed E-state index contributed by atoms with van der Waals surface area (Å²) >= 11 is 0. The fourth-order valence-electron chi connectivity index (χ4n) is 5.22. The quantitative estimate of drug-likeness (QED) is 0.454. The molecule has 0 aromatic rings. The molecular formula is C19H28O3. The molecule has 2 bridgehead atoms. The Bertz CT molecular complexity index is 493. The van der Waals surface area contributed by atoms with E-state index in [1.165, 1.54) is 11.9 Å². The van der Waals surface area contributed by atoms with Gasteiger partial charge < -0.3 is 9.53 Å². The number of fused-ring (bicyclic) bond motifs is 4. The van der Waals surface area contributed by atoms with Crippen LogP contribution >= 0.6 is 0 Å². The molecule has 2 fully saturated rings. The van der Waals surface area contributed by atoms with Gasteiger partial charge in [0.1, 0.15) is 12.4 Å². The molecule has 1 saturated heterocycles. The van der Waals surface area contributed by atoms with Crippen LogP contribution in [0.2, 0.25) is 0 Å². The predicted molar refractivity (Wildman–Crippen MR) is 85.0 cm³/mol. The zero-order chi connectivity index (χ0) is 16.0. The Morgan fingerprint density at radius 2 is 1.95 bits per heavy atom. The van der Waals surface area contributed by atoms with Gasteiger partial charge in [0.15, 0.2) is 0 Å². The van der Waals surface area contributed by atoms with Crippen LogP contribution in [0.3, 0.4) is 0 Å². The molecule has 0 aromatic heterocycles. The van der Waals surface area contributed by atoms with E-state index < -0.39 is 0 Å².